The number of aliphatic hydroxyl groups excluding tert-OH is 1. The molecule has 3 amide bonds. The second-order valence-electron chi connectivity index (χ2n) is 8.37. The highest BCUT2D eigenvalue weighted by molar-refractivity contribution is 5.94. The van der Waals surface area contributed by atoms with Gasteiger partial charge in [-0.3, -0.25) is 14.4 Å². The Morgan fingerprint density at radius 3 is 2.29 bits per heavy atom. The summed E-state index contributed by atoms with van der Waals surface area (Å²) in [5, 5.41) is 24.2. The molecule has 1 aliphatic heterocycles. The number of rotatable bonds is 12. The van der Waals surface area contributed by atoms with Gasteiger partial charge in [-0.05, 0) is 51.5 Å². The fourth-order valence-corrected chi connectivity index (χ4v) is 3.45. The molecule has 5 unspecified atom stereocenters. The van der Waals surface area contributed by atoms with Crippen LogP contribution in [0.3, 0.4) is 0 Å². The number of hydrogen-bond donors (Lipinski definition) is 6. The molecule has 1 heterocycles. The zero-order valence-electron chi connectivity index (χ0n) is 18.5. The van der Waals surface area contributed by atoms with E-state index in [1.165, 1.54) is 11.8 Å². The molecule has 0 aliphatic carbocycles. The maximum absolute atomic E-state index is 12.8. The normalized spacial score (nSPS) is 20.1. The van der Waals surface area contributed by atoms with Gasteiger partial charge in [0, 0.05) is 6.54 Å². The van der Waals surface area contributed by atoms with Crippen LogP contribution in [-0.4, -0.2) is 82.2 Å². The maximum atomic E-state index is 12.8. The van der Waals surface area contributed by atoms with Crippen LogP contribution < -0.4 is 22.1 Å². The molecule has 1 rings (SSSR count). The first kappa shape index (κ1) is 26.8. The highest BCUT2D eigenvalue weighted by Crippen LogP contribution is 2.20. The molecule has 1 saturated heterocycles. The molecule has 0 bridgehead atoms. The smallest absolute Gasteiger partial charge is 0.326 e. The van der Waals surface area contributed by atoms with Crippen molar-refractivity contribution in [1.82, 2.24) is 15.5 Å². The third kappa shape index (κ3) is 7.75. The second kappa shape index (κ2) is 12.6. The monoisotopic (exact) mass is 443 g/mol. The lowest BCUT2D eigenvalue weighted by Crippen LogP contribution is -2.59. The number of amides is 3. The van der Waals surface area contributed by atoms with Crippen molar-refractivity contribution in [3.05, 3.63) is 0 Å². The summed E-state index contributed by atoms with van der Waals surface area (Å²) in [6, 6.07) is -4.06. The van der Waals surface area contributed by atoms with Gasteiger partial charge in [0.2, 0.25) is 17.7 Å². The number of nitrogens with zero attached hydrogens (tertiary/aromatic N) is 1. The Hall–Kier alpha value is -2.24. The Labute approximate surface area is 182 Å². The molecular formula is C20H37N5O6. The Kier molecular flexibility index (Phi) is 10.9. The summed E-state index contributed by atoms with van der Waals surface area (Å²) in [5.41, 5.74) is 11.4. The molecule has 0 aromatic heterocycles. The zero-order chi connectivity index (χ0) is 23.7. The summed E-state index contributed by atoms with van der Waals surface area (Å²) in [7, 11) is 0. The molecular weight excluding hydrogens is 406 g/mol. The molecule has 5 atom stereocenters. The SMILES string of the molecule is CC(C)C(N)C(=O)N1CCCC1C(=O)NC(C(=O)NC(CCCCN)C(=O)O)C(C)O. The van der Waals surface area contributed by atoms with E-state index in [1.54, 1.807) is 0 Å². The van der Waals surface area contributed by atoms with Crippen molar-refractivity contribution in [1.29, 1.82) is 0 Å². The molecule has 8 N–H and O–H groups in total. The van der Waals surface area contributed by atoms with Gasteiger partial charge in [-0.15, -0.1) is 0 Å². The summed E-state index contributed by atoms with van der Waals surface area (Å²) in [5.74, 6) is -3.04. The predicted octanol–water partition coefficient (Wildman–Crippen LogP) is -1.48. The molecule has 178 valence electrons. The highest BCUT2D eigenvalue weighted by atomic mass is 16.4. The molecule has 0 spiro atoms. The van der Waals surface area contributed by atoms with Crippen molar-refractivity contribution in [3.8, 4) is 0 Å². The fourth-order valence-electron chi connectivity index (χ4n) is 3.45. The van der Waals surface area contributed by atoms with E-state index in [0.717, 1.165) is 0 Å². The standard InChI is InChI=1S/C20H37N5O6/c1-11(2)15(22)19(29)25-10-6-8-14(25)17(27)24-16(12(3)26)18(28)23-13(20(30)31)7-4-5-9-21/h11-16,26H,4-10,21-22H2,1-3H3,(H,23,28)(H,24,27)(H,30,31). The van der Waals surface area contributed by atoms with Gasteiger partial charge in [-0.2, -0.15) is 0 Å². The molecule has 0 aromatic rings. The van der Waals surface area contributed by atoms with Crippen molar-refractivity contribution < 1.29 is 29.4 Å². The average Bonchev–Trinajstić information content (AvgIpc) is 3.19. The molecule has 0 aromatic carbocycles. The average molecular weight is 444 g/mol. The minimum absolute atomic E-state index is 0.0972. The Balaban J connectivity index is 2.84. The van der Waals surface area contributed by atoms with E-state index in [2.05, 4.69) is 10.6 Å². The van der Waals surface area contributed by atoms with Gasteiger partial charge < -0.3 is 37.2 Å². The van der Waals surface area contributed by atoms with E-state index in [1.807, 2.05) is 13.8 Å². The minimum Gasteiger partial charge on any atom is -0.480 e. The van der Waals surface area contributed by atoms with Gasteiger partial charge in [0.25, 0.3) is 0 Å². The topological polar surface area (TPSA) is 188 Å². The van der Waals surface area contributed by atoms with E-state index in [0.29, 0.717) is 38.8 Å². The third-order valence-electron chi connectivity index (χ3n) is 5.47. The van der Waals surface area contributed by atoms with Crippen molar-refractivity contribution in [2.45, 2.75) is 83.1 Å². The quantitative estimate of drug-likeness (QED) is 0.197. The molecule has 31 heavy (non-hydrogen) atoms. The Morgan fingerprint density at radius 1 is 1.13 bits per heavy atom. The molecule has 11 nitrogen and oxygen atoms in total. The van der Waals surface area contributed by atoms with Crippen molar-refractivity contribution in [2.75, 3.05) is 13.1 Å². The van der Waals surface area contributed by atoms with E-state index in [4.69, 9.17) is 11.5 Å². The molecule has 0 radical (unpaired) electrons. The Morgan fingerprint density at radius 2 is 1.77 bits per heavy atom. The lowest BCUT2D eigenvalue weighted by molar-refractivity contribution is -0.144. The van der Waals surface area contributed by atoms with Gasteiger partial charge in [0.1, 0.15) is 18.1 Å². The van der Waals surface area contributed by atoms with Crippen LogP contribution in [0.2, 0.25) is 0 Å². The third-order valence-corrected chi connectivity index (χ3v) is 5.47. The first-order valence-electron chi connectivity index (χ1n) is 10.8. The number of carbonyl (C=O) groups excluding carboxylic acids is 3. The van der Waals surface area contributed by atoms with Crippen molar-refractivity contribution >= 4 is 23.7 Å². The van der Waals surface area contributed by atoms with Crippen molar-refractivity contribution in [2.24, 2.45) is 17.4 Å². The van der Waals surface area contributed by atoms with Crippen molar-refractivity contribution in [3.63, 3.8) is 0 Å². The number of nitrogens with one attached hydrogen (secondary N) is 2. The number of carboxylic acid groups (broad SMARTS) is 1. The number of hydrogen-bond acceptors (Lipinski definition) is 7. The maximum Gasteiger partial charge on any atom is 0.326 e. The lowest BCUT2D eigenvalue weighted by atomic mass is 10.0. The van der Waals surface area contributed by atoms with Gasteiger partial charge in [-0.1, -0.05) is 13.8 Å². The van der Waals surface area contributed by atoms with Crippen LogP contribution in [-0.2, 0) is 19.2 Å². The molecule has 1 aliphatic rings. The van der Waals surface area contributed by atoms with Gasteiger partial charge in [-0.25, -0.2) is 4.79 Å². The van der Waals surface area contributed by atoms with Crippen LogP contribution in [0.4, 0.5) is 0 Å². The van der Waals surface area contributed by atoms with Crippen LogP contribution in [0.25, 0.3) is 0 Å². The summed E-state index contributed by atoms with van der Waals surface area (Å²) in [6.45, 7) is 5.73. The summed E-state index contributed by atoms with van der Waals surface area (Å²) in [4.78, 5) is 50.9. The second-order valence-corrected chi connectivity index (χ2v) is 8.37. The van der Waals surface area contributed by atoms with Crippen LogP contribution >= 0.6 is 0 Å². The number of aliphatic hydroxyl groups is 1. The summed E-state index contributed by atoms with van der Waals surface area (Å²) in [6.07, 6.45) is 1.05. The Bertz CT molecular complexity index is 642. The number of nitrogens with two attached hydrogens (primary N) is 2. The first-order valence-corrected chi connectivity index (χ1v) is 10.8. The van der Waals surface area contributed by atoms with E-state index in [9.17, 15) is 29.4 Å². The zero-order valence-corrected chi connectivity index (χ0v) is 18.5. The molecule has 0 saturated carbocycles. The van der Waals surface area contributed by atoms with E-state index >= 15 is 0 Å². The number of carbonyl (C=O) groups is 4. The van der Waals surface area contributed by atoms with E-state index < -0.39 is 48.1 Å². The largest absolute Gasteiger partial charge is 0.480 e. The summed E-state index contributed by atoms with van der Waals surface area (Å²) < 4.78 is 0. The van der Waals surface area contributed by atoms with Crippen LogP contribution in [0.15, 0.2) is 0 Å². The lowest BCUT2D eigenvalue weighted by Gasteiger charge is -2.30. The van der Waals surface area contributed by atoms with Crippen LogP contribution in [0, 0.1) is 5.92 Å². The number of aliphatic carboxylic acids is 1. The van der Waals surface area contributed by atoms with Crippen LogP contribution in [0.1, 0.15) is 52.9 Å². The number of unbranched alkanes of at least 4 members (excludes halogenated alkanes) is 1. The molecule has 1 fully saturated rings. The number of carboxylic acids is 1. The van der Waals surface area contributed by atoms with E-state index in [-0.39, 0.29) is 18.2 Å². The first-order chi connectivity index (χ1) is 14.5. The number of likely N-dealkylation sites (tertiary alicyclic amines) is 1. The van der Waals surface area contributed by atoms with Gasteiger partial charge >= 0.3 is 5.97 Å². The highest BCUT2D eigenvalue weighted by Gasteiger charge is 2.39. The summed E-state index contributed by atoms with van der Waals surface area (Å²) >= 11 is 0. The predicted molar refractivity (Wildman–Crippen MR) is 114 cm³/mol. The van der Waals surface area contributed by atoms with Gasteiger partial charge in [0.15, 0.2) is 0 Å². The molecule has 11 heteroatoms. The van der Waals surface area contributed by atoms with Gasteiger partial charge in [0.05, 0.1) is 12.1 Å². The minimum atomic E-state index is -1.36. The fraction of sp³-hybridized carbons (Fsp3) is 0.800. The van der Waals surface area contributed by atoms with Crippen LogP contribution in [0.5, 0.6) is 0 Å².